The lowest BCUT2D eigenvalue weighted by Crippen LogP contribution is -2.23. The maximum Gasteiger partial charge on any atom is 0.249 e. The summed E-state index contributed by atoms with van der Waals surface area (Å²) in [4.78, 5) is 17.6. The second kappa shape index (κ2) is 7.35. The molecule has 1 aromatic heterocycles. The summed E-state index contributed by atoms with van der Waals surface area (Å²) in [6.45, 7) is 7.31. The van der Waals surface area contributed by atoms with Crippen LogP contribution in [0.2, 0.25) is 0 Å². The number of carbonyl (C=O) groups is 1. The molecule has 1 heterocycles. The van der Waals surface area contributed by atoms with E-state index in [2.05, 4.69) is 44.6 Å². The first kappa shape index (κ1) is 15.7. The van der Waals surface area contributed by atoms with E-state index in [1.165, 1.54) is 6.92 Å². The highest BCUT2D eigenvalue weighted by molar-refractivity contribution is 5.89. The number of rotatable bonds is 6. The lowest BCUT2D eigenvalue weighted by atomic mass is 10.3. The Hall–Kier alpha value is -2.70. The van der Waals surface area contributed by atoms with Crippen molar-refractivity contribution < 1.29 is 4.79 Å². The molecular weight excluding hydrogens is 280 g/mol. The normalized spacial score (nSPS) is 10.1. The number of nitrogens with one attached hydrogen (secondary N) is 2. The molecule has 0 saturated heterocycles. The van der Waals surface area contributed by atoms with E-state index in [0.717, 1.165) is 24.6 Å². The molecule has 0 spiro atoms. The van der Waals surface area contributed by atoms with Crippen LogP contribution in [0.1, 0.15) is 20.8 Å². The molecule has 0 radical (unpaired) electrons. The number of aromatic nitrogens is 3. The molecule has 0 atom stereocenters. The lowest BCUT2D eigenvalue weighted by Gasteiger charge is -2.19. The fraction of sp³-hybridized carbons (Fsp3) is 0.333. The summed E-state index contributed by atoms with van der Waals surface area (Å²) in [5.74, 6) is 1.09. The van der Waals surface area contributed by atoms with Crippen molar-refractivity contribution in [1.82, 2.24) is 15.2 Å². The molecule has 7 heteroatoms. The number of hydrogen-bond acceptors (Lipinski definition) is 6. The first-order valence-corrected chi connectivity index (χ1v) is 7.21. The second-order valence-electron chi connectivity index (χ2n) is 4.70. The fourth-order valence-electron chi connectivity index (χ4n) is 2.05. The zero-order chi connectivity index (χ0) is 15.9. The van der Waals surface area contributed by atoms with E-state index in [1.807, 2.05) is 24.3 Å². The predicted molar refractivity (Wildman–Crippen MR) is 87.4 cm³/mol. The van der Waals surface area contributed by atoms with Gasteiger partial charge in [-0.1, -0.05) is 6.07 Å². The van der Waals surface area contributed by atoms with Gasteiger partial charge in [-0.05, 0) is 32.0 Å². The average Bonchev–Trinajstić information content (AvgIpc) is 2.48. The van der Waals surface area contributed by atoms with Crippen molar-refractivity contribution in [1.29, 1.82) is 0 Å². The minimum absolute atomic E-state index is 0.112. The third-order valence-corrected chi connectivity index (χ3v) is 3.07. The van der Waals surface area contributed by atoms with Gasteiger partial charge in [-0.2, -0.15) is 10.1 Å². The summed E-state index contributed by atoms with van der Waals surface area (Å²) >= 11 is 0. The van der Waals surface area contributed by atoms with Gasteiger partial charge in [-0.3, -0.25) is 4.79 Å². The van der Waals surface area contributed by atoms with E-state index in [1.54, 1.807) is 6.20 Å². The Balaban J connectivity index is 2.17. The van der Waals surface area contributed by atoms with Crippen molar-refractivity contribution in [2.45, 2.75) is 20.8 Å². The zero-order valence-corrected chi connectivity index (χ0v) is 13.0. The molecule has 116 valence electrons. The molecule has 2 rings (SSSR count). The molecule has 1 aromatic carbocycles. The maximum absolute atomic E-state index is 11.1. The van der Waals surface area contributed by atoms with Crippen LogP contribution in [0.3, 0.4) is 0 Å². The molecule has 1 amide bonds. The number of benzene rings is 1. The van der Waals surface area contributed by atoms with E-state index in [9.17, 15) is 4.79 Å². The fourth-order valence-corrected chi connectivity index (χ4v) is 2.05. The van der Waals surface area contributed by atoms with Crippen LogP contribution in [0.4, 0.5) is 23.1 Å². The number of hydrogen-bond donors (Lipinski definition) is 2. The molecule has 0 saturated carbocycles. The lowest BCUT2D eigenvalue weighted by molar-refractivity contribution is -0.114. The summed E-state index contributed by atoms with van der Waals surface area (Å²) in [5.41, 5.74) is 1.50. The van der Waals surface area contributed by atoms with Crippen LogP contribution >= 0.6 is 0 Å². The van der Waals surface area contributed by atoms with Gasteiger partial charge in [-0.25, -0.2) is 0 Å². The van der Waals surface area contributed by atoms with Crippen molar-refractivity contribution in [3.05, 3.63) is 30.5 Å². The molecule has 0 unspecified atom stereocenters. The van der Waals surface area contributed by atoms with E-state index < -0.39 is 0 Å². The van der Waals surface area contributed by atoms with Gasteiger partial charge in [0.2, 0.25) is 11.9 Å². The molecule has 0 fully saturated rings. The van der Waals surface area contributed by atoms with E-state index in [-0.39, 0.29) is 5.91 Å². The number of carbonyl (C=O) groups excluding carboxylic acids is 1. The Kier molecular flexibility index (Phi) is 5.24. The highest BCUT2D eigenvalue weighted by Gasteiger charge is 2.07. The summed E-state index contributed by atoms with van der Waals surface area (Å²) in [6.07, 6.45) is 1.64. The molecule has 2 aromatic rings. The molecule has 0 bridgehead atoms. The SMILES string of the molecule is CCN(CC)c1cnnc(Nc2cccc(NC(C)=O)c2)n1. The van der Waals surface area contributed by atoms with Gasteiger partial charge < -0.3 is 15.5 Å². The van der Waals surface area contributed by atoms with Crippen molar-refractivity contribution >= 4 is 29.0 Å². The van der Waals surface area contributed by atoms with Gasteiger partial charge >= 0.3 is 0 Å². The molecule has 7 nitrogen and oxygen atoms in total. The zero-order valence-electron chi connectivity index (χ0n) is 13.0. The summed E-state index contributed by atoms with van der Waals surface area (Å²) in [7, 11) is 0. The van der Waals surface area contributed by atoms with Crippen LogP contribution in [0, 0.1) is 0 Å². The highest BCUT2D eigenvalue weighted by atomic mass is 16.1. The van der Waals surface area contributed by atoms with Gasteiger partial charge in [0.05, 0.1) is 6.20 Å². The van der Waals surface area contributed by atoms with Gasteiger partial charge in [0.15, 0.2) is 5.82 Å². The molecule has 0 aliphatic rings. The summed E-state index contributed by atoms with van der Waals surface area (Å²) < 4.78 is 0. The third-order valence-electron chi connectivity index (χ3n) is 3.07. The van der Waals surface area contributed by atoms with E-state index >= 15 is 0 Å². The largest absolute Gasteiger partial charge is 0.356 e. The van der Waals surface area contributed by atoms with E-state index in [0.29, 0.717) is 11.6 Å². The van der Waals surface area contributed by atoms with Gasteiger partial charge in [-0.15, -0.1) is 5.10 Å². The number of nitrogens with zero attached hydrogens (tertiary/aromatic N) is 4. The molecule has 0 aliphatic heterocycles. The first-order valence-electron chi connectivity index (χ1n) is 7.21. The highest BCUT2D eigenvalue weighted by Crippen LogP contribution is 2.19. The Bertz CT molecular complexity index is 641. The molecule has 0 aliphatic carbocycles. The quantitative estimate of drug-likeness (QED) is 0.852. The minimum Gasteiger partial charge on any atom is -0.356 e. The summed E-state index contributed by atoms with van der Waals surface area (Å²) in [5, 5.41) is 13.8. The maximum atomic E-state index is 11.1. The Morgan fingerprint density at radius 2 is 1.95 bits per heavy atom. The van der Waals surface area contributed by atoms with Gasteiger partial charge in [0, 0.05) is 31.4 Å². The monoisotopic (exact) mass is 300 g/mol. The molecular formula is C15H20N6O. The molecule has 2 N–H and O–H groups in total. The Labute approximate surface area is 129 Å². The third kappa shape index (κ3) is 4.15. The predicted octanol–water partition coefficient (Wildman–Crippen LogP) is 2.42. The van der Waals surface area contributed by atoms with Crippen molar-refractivity contribution in [2.75, 3.05) is 28.6 Å². The smallest absolute Gasteiger partial charge is 0.249 e. The van der Waals surface area contributed by atoms with Gasteiger partial charge in [0.1, 0.15) is 0 Å². The van der Waals surface area contributed by atoms with Crippen LogP contribution < -0.4 is 15.5 Å². The van der Waals surface area contributed by atoms with Crippen LogP contribution in [-0.2, 0) is 4.79 Å². The van der Waals surface area contributed by atoms with E-state index in [4.69, 9.17) is 0 Å². The second-order valence-corrected chi connectivity index (χ2v) is 4.70. The van der Waals surface area contributed by atoms with Crippen LogP contribution in [0.25, 0.3) is 0 Å². The number of amides is 1. The first-order chi connectivity index (χ1) is 10.6. The summed E-state index contributed by atoms with van der Waals surface area (Å²) in [6, 6.07) is 7.35. The number of anilines is 4. The van der Waals surface area contributed by atoms with Crippen LogP contribution in [-0.4, -0.2) is 34.2 Å². The Morgan fingerprint density at radius 1 is 1.23 bits per heavy atom. The topological polar surface area (TPSA) is 83.0 Å². The van der Waals surface area contributed by atoms with Crippen LogP contribution in [0.15, 0.2) is 30.5 Å². The standard InChI is InChI=1S/C15H20N6O/c1-4-21(5-2)14-10-16-20-15(19-14)18-13-8-6-7-12(9-13)17-11(3)22/h6-10H,4-5H2,1-3H3,(H,17,22)(H,18,19,20). The van der Waals surface area contributed by atoms with Gasteiger partial charge in [0.25, 0.3) is 0 Å². The molecule has 22 heavy (non-hydrogen) atoms. The average molecular weight is 300 g/mol. The van der Waals surface area contributed by atoms with Crippen molar-refractivity contribution in [2.24, 2.45) is 0 Å². The van der Waals surface area contributed by atoms with Crippen LogP contribution in [0.5, 0.6) is 0 Å². The van der Waals surface area contributed by atoms with Crippen molar-refractivity contribution in [3.8, 4) is 0 Å². The minimum atomic E-state index is -0.112. The van der Waals surface area contributed by atoms with Crippen molar-refractivity contribution in [3.63, 3.8) is 0 Å². The Morgan fingerprint density at radius 3 is 2.64 bits per heavy atom.